The van der Waals surface area contributed by atoms with Gasteiger partial charge in [0.05, 0.1) is 0 Å². The van der Waals surface area contributed by atoms with Gasteiger partial charge in [0.15, 0.2) is 0 Å². The molecule has 2 heteroatoms. The fraction of sp³-hybridized carbons (Fsp3) is 0. The molecule has 1 aromatic heterocycles. The Kier molecular flexibility index (Phi) is 3.55. The van der Waals surface area contributed by atoms with Crippen molar-refractivity contribution in [2.45, 2.75) is 0 Å². The molecule has 4 aromatic carbocycles. The van der Waals surface area contributed by atoms with Crippen molar-refractivity contribution in [2.75, 3.05) is 0 Å². The SMILES string of the molecule is Clc1ccc2oc3ccc(-c4ccccc4-c4ccccc4)cc3c2c1. The summed E-state index contributed by atoms with van der Waals surface area (Å²) in [5, 5.41) is 2.85. The van der Waals surface area contributed by atoms with Crippen LogP contribution in [0.2, 0.25) is 5.02 Å². The largest absolute Gasteiger partial charge is 0.456 e. The van der Waals surface area contributed by atoms with E-state index in [-0.39, 0.29) is 0 Å². The molecule has 124 valence electrons. The Morgan fingerprint density at radius 3 is 1.92 bits per heavy atom. The molecule has 0 radical (unpaired) electrons. The number of hydrogen-bond donors (Lipinski definition) is 0. The number of fused-ring (bicyclic) bond motifs is 3. The molecule has 0 saturated heterocycles. The molecule has 0 atom stereocenters. The van der Waals surface area contributed by atoms with Gasteiger partial charge in [0.25, 0.3) is 0 Å². The maximum atomic E-state index is 6.20. The molecule has 0 aliphatic rings. The van der Waals surface area contributed by atoms with Crippen LogP contribution < -0.4 is 0 Å². The first-order chi connectivity index (χ1) is 12.8. The van der Waals surface area contributed by atoms with Crippen LogP contribution in [-0.4, -0.2) is 0 Å². The van der Waals surface area contributed by atoms with Gasteiger partial charge < -0.3 is 4.42 Å². The molecule has 0 bridgehead atoms. The normalized spacial score (nSPS) is 11.3. The van der Waals surface area contributed by atoms with Crippen molar-refractivity contribution in [3.05, 3.63) is 96.0 Å². The molecule has 0 fully saturated rings. The smallest absolute Gasteiger partial charge is 0.135 e. The van der Waals surface area contributed by atoms with Crippen LogP contribution in [0.1, 0.15) is 0 Å². The van der Waals surface area contributed by atoms with Gasteiger partial charge in [0.1, 0.15) is 11.2 Å². The van der Waals surface area contributed by atoms with Gasteiger partial charge in [-0.15, -0.1) is 0 Å². The van der Waals surface area contributed by atoms with E-state index in [1.54, 1.807) is 0 Å². The quantitative estimate of drug-likeness (QED) is 0.318. The van der Waals surface area contributed by atoms with Gasteiger partial charge in [0, 0.05) is 15.8 Å². The van der Waals surface area contributed by atoms with Crippen molar-refractivity contribution in [2.24, 2.45) is 0 Å². The van der Waals surface area contributed by atoms with Crippen LogP contribution >= 0.6 is 11.6 Å². The Morgan fingerprint density at radius 2 is 1.15 bits per heavy atom. The highest BCUT2D eigenvalue weighted by Gasteiger charge is 2.11. The van der Waals surface area contributed by atoms with Gasteiger partial charge >= 0.3 is 0 Å². The van der Waals surface area contributed by atoms with Gasteiger partial charge in [-0.3, -0.25) is 0 Å². The summed E-state index contributed by atoms with van der Waals surface area (Å²) in [4.78, 5) is 0. The minimum absolute atomic E-state index is 0.718. The Labute approximate surface area is 156 Å². The van der Waals surface area contributed by atoms with Crippen molar-refractivity contribution in [1.29, 1.82) is 0 Å². The van der Waals surface area contributed by atoms with Gasteiger partial charge in [0.2, 0.25) is 0 Å². The Morgan fingerprint density at radius 1 is 0.538 bits per heavy atom. The average Bonchev–Trinajstić information content (AvgIpc) is 3.06. The maximum absolute atomic E-state index is 6.20. The van der Waals surface area contributed by atoms with Gasteiger partial charge in [-0.25, -0.2) is 0 Å². The molecule has 0 N–H and O–H groups in total. The molecule has 1 heterocycles. The lowest BCUT2D eigenvalue weighted by Gasteiger charge is -2.10. The monoisotopic (exact) mass is 354 g/mol. The van der Waals surface area contributed by atoms with Crippen molar-refractivity contribution in [3.63, 3.8) is 0 Å². The first-order valence-electron chi connectivity index (χ1n) is 8.56. The molecule has 0 aliphatic carbocycles. The first-order valence-corrected chi connectivity index (χ1v) is 8.94. The van der Waals surface area contributed by atoms with E-state index in [4.69, 9.17) is 16.0 Å². The minimum atomic E-state index is 0.718. The van der Waals surface area contributed by atoms with Crippen LogP contribution in [0.5, 0.6) is 0 Å². The molecule has 0 unspecified atom stereocenters. The standard InChI is InChI=1S/C24H15ClO/c25-18-11-13-24-22(15-18)21-14-17(10-12-23(21)26-24)20-9-5-4-8-19(20)16-6-2-1-3-7-16/h1-15H. The van der Waals surface area contributed by atoms with Gasteiger partial charge in [-0.05, 0) is 52.6 Å². The molecule has 0 amide bonds. The third-order valence-corrected chi connectivity index (χ3v) is 4.99. The third kappa shape index (κ3) is 2.49. The number of rotatable bonds is 2. The molecular formula is C24H15ClO. The second-order valence-electron chi connectivity index (χ2n) is 6.37. The van der Waals surface area contributed by atoms with E-state index in [0.29, 0.717) is 0 Å². The summed E-state index contributed by atoms with van der Waals surface area (Å²) in [6, 6.07) is 31.1. The highest BCUT2D eigenvalue weighted by molar-refractivity contribution is 6.31. The van der Waals surface area contributed by atoms with E-state index >= 15 is 0 Å². The number of hydrogen-bond acceptors (Lipinski definition) is 1. The van der Waals surface area contributed by atoms with E-state index in [9.17, 15) is 0 Å². The number of benzene rings is 4. The number of halogens is 1. The van der Waals surface area contributed by atoms with Crippen molar-refractivity contribution in [1.82, 2.24) is 0 Å². The summed E-state index contributed by atoms with van der Waals surface area (Å²) < 4.78 is 5.95. The van der Waals surface area contributed by atoms with Crippen LogP contribution in [0.4, 0.5) is 0 Å². The van der Waals surface area contributed by atoms with E-state index in [1.807, 2.05) is 30.3 Å². The van der Waals surface area contributed by atoms with Crippen molar-refractivity contribution in [3.8, 4) is 22.3 Å². The summed E-state index contributed by atoms with van der Waals surface area (Å²) >= 11 is 6.20. The Balaban J connectivity index is 1.75. The second kappa shape index (κ2) is 6.05. The second-order valence-corrected chi connectivity index (χ2v) is 6.80. The molecule has 5 aromatic rings. The lowest BCUT2D eigenvalue weighted by Crippen LogP contribution is -1.84. The molecule has 26 heavy (non-hydrogen) atoms. The summed E-state index contributed by atoms with van der Waals surface area (Å²) in [7, 11) is 0. The van der Waals surface area contributed by atoms with Crippen LogP contribution in [0.3, 0.4) is 0 Å². The van der Waals surface area contributed by atoms with Crippen LogP contribution in [-0.2, 0) is 0 Å². The first kappa shape index (κ1) is 15.2. The predicted octanol–water partition coefficient (Wildman–Crippen LogP) is 7.57. The third-order valence-electron chi connectivity index (χ3n) is 4.75. The highest BCUT2D eigenvalue weighted by atomic mass is 35.5. The highest BCUT2D eigenvalue weighted by Crippen LogP contribution is 2.37. The molecule has 1 nitrogen and oxygen atoms in total. The van der Waals surface area contributed by atoms with Crippen LogP contribution in [0.25, 0.3) is 44.2 Å². The lowest BCUT2D eigenvalue weighted by atomic mass is 9.94. The van der Waals surface area contributed by atoms with Gasteiger partial charge in [-0.2, -0.15) is 0 Å². The summed E-state index contributed by atoms with van der Waals surface area (Å²) in [5.41, 5.74) is 6.54. The molecule has 5 rings (SSSR count). The fourth-order valence-corrected chi connectivity index (χ4v) is 3.69. The fourth-order valence-electron chi connectivity index (χ4n) is 3.52. The van der Waals surface area contributed by atoms with E-state index in [1.165, 1.54) is 22.3 Å². The molecular weight excluding hydrogens is 340 g/mol. The Bertz CT molecular complexity index is 1240. The molecule has 0 spiro atoms. The zero-order valence-corrected chi connectivity index (χ0v) is 14.7. The zero-order valence-electron chi connectivity index (χ0n) is 13.9. The maximum Gasteiger partial charge on any atom is 0.135 e. The molecule has 0 aliphatic heterocycles. The van der Waals surface area contributed by atoms with E-state index in [2.05, 4.69) is 60.7 Å². The summed E-state index contributed by atoms with van der Waals surface area (Å²) in [5.74, 6) is 0. The van der Waals surface area contributed by atoms with E-state index < -0.39 is 0 Å². The van der Waals surface area contributed by atoms with E-state index in [0.717, 1.165) is 27.0 Å². The summed E-state index contributed by atoms with van der Waals surface area (Å²) in [6.07, 6.45) is 0. The van der Waals surface area contributed by atoms with Crippen LogP contribution in [0.15, 0.2) is 95.4 Å². The van der Waals surface area contributed by atoms with Crippen molar-refractivity contribution >= 4 is 33.5 Å². The minimum Gasteiger partial charge on any atom is -0.456 e. The van der Waals surface area contributed by atoms with Crippen molar-refractivity contribution < 1.29 is 4.42 Å². The predicted molar refractivity (Wildman–Crippen MR) is 110 cm³/mol. The number of furan rings is 1. The Hall–Kier alpha value is -3.03. The summed E-state index contributed by atoms with van der Waals surface area (Å²) in [6.45, 7) is 0. The average molecular weight is 355 g/mol. The zero-order chi connectivity index (χ0) is 17.5. The topological polar surface area (TPSA) is 13.1 Å². The lowest BCUT2D eigenvalue weighted by molar-refractivity contribution is 0.669. The van der Waals surface area contributed by atoms with Gasteiger partial charge in [-0.1, -0.05) is 72.3 Å². The molecule has 0 saturated carbocycles. The van der Waals surface area contributed by atoms with Crippen LogP contribution in [0, 0.1) is 0 Å².